The van der Waals surface area contributed by atoms with Crippen LogP contribution in [0.25, 0.3) is 0 Å². The van der Waals surface area contributed by atoms with Crippen molar-refractivity contribution in [2.24, 2.45) is 0 Å². The van der Waals surface area contributed by atoms with E-state index in [2.05, 4.69) is 27.2 Å². The fourth-order valence-corrected chi connectivity index (χ4v) is 3.18. The van der Waals surface area contributed by atoms with E-state index in [-0.39, 0.29) is 6.10 Å². The second-order valence-electron chi connectivity index (χ2n) is 6.06. The highest BCUT2D eigenvalue weighted by atomic mass is 32.2. The van der Waals surface area contributed by atoms with Crippen LogP contribution in [0.4, 0.5) is 11.5 Å². The molecule has 0 unspecified atom stereocenters. The lowest BCUT2D eigenvalue weighted by atomic mass is 10.1. The highest BCUT2D eigenvalue weighted by Crippen LogP contribution is 2.26. The molecule has 1 aromatic heterocycles. The average Bonchev–Trinajstić information content (AvgIpc) is 2.64. The van der Waals surface area contributed by atoms with Crippen LogP contribution in [-0.2, 0) is 0 Å². The van der Waals surface area contributed by atoms with Crippen molar-refractivity contribution in [3.63, 3.8) is 0 Å². The lowest BCUT2D eigenvalue weighted by Gasteiger charge is -2.29. The third-order valence-electron chi connectivity index (χ3n) is 4.29. The number of hydrogen-bond donors (Lipinski definition) is 2. The summed E-state index contributed by atoms with van der Waals surface area (Å²) in [5, 5.41) is 11.0. The fraction of sp³-hybridized carbons (Fsp3) is 0.389. The van der Waals surface area contributed by atoms with E-state index in [9.17, 15) is 0 Å². The third kappa shape index (κ3) is 4.49. The Morgan fingerprint density at radius 3 is 2.60 bits per heavy atom. The van der Waals surface area contributed by atoms with E-state index in [0.717, 1.165) is 31.6 Å². The maximum Gasteiger partial charge on any atom is 0.227 e. The number of anilines is 2. The van der Waals surface area contributed by atoms with Gasteiger partial charge in [-0.1, -0.05) is 0 Å². The third-order valence-corrected chi connectivity index (χ3v) is 5.03. The first kappa shape index (κ1) is 17.7. The van der Waals surface area contributed by atoms with Crippen LogP contribution in [-0.4, -0.2) is 53.6 Å². The summed E-state index contributed by atoms with van der Waals surface area (Å²) in [6, 6.07) is 8.10. The minimum Gasteiger partial charge on any atom is -0.474 e. The minimum atomic E-state index is 0.138. The summed E-state index contributed by atoms with van der Waals surface area (Å²) in [6.07, 6.45) is 6.86. The van der Waals surface area contributed by atoms with E-state index >= 15 is 0 Å². The Morgan fingerprint density at radius 2 is 1.96 bits per heavy atom. The van der Waals surface area contributed by atoms with Crippen LogP contribution in [0.2, 0.25) is 0 Å². The molecule has 2 heterocycles. The molecule has 0 aliphatic carbocycles. The van der Waals surface area contributed by atoms with Gasteiger partial charge in [-0.3, -0.25) is 0 Å². The van der Waals surface area contributed by atoms with Crippen LogP contribution >= 0.6 is 11.8 Å². The zero-order valence-electron chi connectivity index (χ0n) is 14.5. The van der Waals surface area contributed by atoms with Crippen molar-refractivity contribution in [2.45, 2.75) is 23.8 Å². The Bertz CT molecular complexity index is 714. The van der Waals surface area contributed by atoms with Gasteiger partial charge in [-0.15, -0.1) is 11.8 Å². The summed E-state index contributed by atoms with van der Waals surface area (Å²) in [7, 11) is 2.12. The van der Waals surface area contributed by atoms with Gasteiger partial charge in [-0.2, -0.15) is 0 Å². The van der Waals surface area contributed by atoms with Crippen molar-refractivity contribution in [1.29, 1.82) is 5.41 Å². The first-order chi connectivity index (χ1) is 12.2. The van der Waals surface area contributed by atoms with Gasteiger partial charge in [0.05, 0.1) is 5.56 Å². The number of piperidine rings is 1. The van der Waals surface area contributed by atoms with Gasteiger partial charge in [0.25, 0.3) is 0 Å². The Morgan fingerprint density at radius 1 is 1.24 bits per heavy atom. The number of thioether (sulfide) groups is 1. The van der Waals surface area contributed by atoms with E-state index in [1.165, 1.54) is 17.4 Å². The van der Waals surface area contributed by atoms with Crippen molar-refractivity contribution in [3.8, 4) is 5.88 Å². The minimum absolute atomic E-state index is 0.138. The number of rotatable bonds is 6. The second-order valence-corrected chi connectivity index (χ2v) is 6.94. The Balaban J connectivity index is 1.76. The molecule has 2 aromatic rings. The van der Waals surface area contributed by atoms with Crippen LogP contribution < -0.4 is 10.1 Å². The number of benzene rings is 1. The molecule has 1 aliphatic heterocycles. The summed E-state index contributed by atoms with van der Waals surface area (Å²) in [5.74, 6) is 1.06. The maximum atomic E-state index is 7.77. The molecule has 25 heavy (non-hydrogen) atoms. The summed E-state index contributed by atoms with van der Waals surface area (Å²) in [6.45, 7) is 2.03. The lowest BCUT2D eigenvalue weighted by molar-refractivity contribution is 0.110. The summed E-state index contributed by atoms with van der Waals surface area (Å²) < 4.78 is 6.07. The molecule has 3 rings (SSSR count). The molecule has 0 atom stereocenters. The first-order valence-electron chi connectivity index (χ1n) is 8.31. The van der Waals surface area contributed by atoms with Crippen LogP contribution in [0, 0.1) is 5.41 Å². The molecule has 2 N–H and O–H groups in total. The van der Waals surface area contributed by atoms with Gasteiger partial charge in [0.2, 0.25) is 5.88 Å². The van der Waals surface area contributed by atoms with E-state index < -0.39 is 0 Å². The molecule has 0 bridgehead atoms. The SMILES string of the molecule is CSc1ccc(Nc2ncnc(OC3CCN(C)CC3)c2C=N)cc1. The Hall–Kier alpha value is -2.12. The normalized spacial score (nSPS) is 15.8. The standard InChI is InChI=1S/C18H23N5OS/c1-23-9-7-14(8-10-23)24-18-16(11-19)17(20-12-21-18)22-13-3-5-15(25-2)6-4-13/h3-6,11-12,14,19H,7-10H2,1-2H3,(H,20,21,22). The van der Waals surface area contributed by atoms with Crippen molar-refractivity contribution in [3.05, 3.63) is 36.2 Å². The Kier molecular flexibility index (Phi) is 5.88. The van der Waals surface area contributed by atoms with Gasteiger partial charge < -0.3 is 20.4 Å². The van der Waals surface area contributed by atoms with E-state index in [0.29, 0.717) is 17.3 Å². The van der Waals surface area contributed by atoms with Gasteiger partial charge in [-0.05, 0) is 50.4 Å². The van der Waals surface area contributed by atoms with Gasteiger partial charge in [0.15, 0.2) is 0 Å². The lowest BCUT2D eigenvalue weighted by Crippen LogP contribution is -2.36. The van der Waals surface area contributed by atoms with Crippen LogP contribution in [0.5, 0.6) is 5.88 Å². The van der Waals surface area contributed by atoms with Crippen molar-refractivity contribution in [1.82, 2.24) is 14.9 Å². The van der Waals surface area contributed by atoms with Crippen molar-refractivity contribution < 1.29 is 4.74 Å². The van der Waals surface area contributed by atoms with Crippen LogP contribution in [0.15, 0.2) is 35.5 Å². The van der Waals surface area contributed by atoms with Crippen molar-refractivity contribution in [2.75, 3.05) is 31.7 Å². The summed E-state index contributed by atoms with van der Waals surface area (Å²) >= 11 is 1.70. The van der Waals surface area contributed by atoms with Crippen LogP contribution in [0.3, 0.4) is 0 Å². The number of likely N-dealkylation sites (tertiary alicyclic amines) is 1. The monoisotopic (exact) mass is 357 g/mol. The number of nitrogens with zero attached hydrogens (tertiary/aromatic N) is 3. The molecule has 1 saturated heterocycles. The highest BCUT2D eigenvalue weighted by molar-refractivity contribution is 7.98. The first-order valence-corrected chi connectivity index (χ1v) is 9.54. The van der Waals surface area contributed by atoms with Gasteiger partial charge in [0, 0.05) is 29.9 Å². The van der Waals surface area contributed by atoms with E-state index in [1.54, 1.807) is 11.8 Å². The van der Waals surface area contributed by atoms with Crippen molar-refractivity contribution >= 4 is 29.5 Å². The Labute approximate surface area is 152 Å². The van der Waals surface area contributed by atoms with E-state index in [4.69, 9.17) is 10.1 Å². The zero-order chi connectivity index (χ0) is 17.6. The molecule has 1 aromatic carbocycles. The van der Waals surface area contributed by atoms with Gasteiger partial charge >= 0.3 is 0 Å². The molecule has 0 saturated carbocycles. The zero-order valence-corrected chi connectivity index (χ0v) is 15.3. The quantitative estimate of drug-likeness (QED) is 0.610. The molecule has 1 aliphatic rings. The molecule has 0 amide bonds. The molecule has 0 radical (unpaired) electrons. The number of hydrogen-bond acceptors (Lipinski definition) is 7. The predicted molar refractivity (Wildman–Crippen MR) is 103 cm³/mol. The topological polar surface area (TPSA) is 74.1 Å². The summed E-state index contributed by atoms with van der Waals surface area (Å²) in [4.78, 5) is 12.0. The van der Waals surface area contributed by atoms with Gasteiger partial charge in [0.1, 0.15) is 18.2 Å². The second kappa shape index (κ2) is 8.31. The molecule has 0 spiro atoms. The number of ether oxygens (including phenoxy) is 1. The highest BCUT2D eigenvalue weighted by Gasteiger charge is 2.21. The van der Waals surface area contributed by atoms with E-state index in [1.807, 2.05) is 30.5 Å². The largest absolute Gasteiger partial charge is 0.474 e. The number of aromatic nitrogens is 2. The molecule has 7 heteroatoms. The smallest absolute Gasteiger partial charge is 0.227 e. The maximum absolute atomic E-state index is 7.77. The van der Waals surface area contributed by atoms with Crippen LogP contribution in [0.1, 0.15) is 18.4 Å². The number of nitrogens with one attached hydrogen (secondary N) is 2. The summed E-state index contributed by atoms with van der Waals surface area (Å²) in [5.41, 5.74) is 1.50. The molecule has 6 nitrogen and oxygen atoms in total. The molecule has 132 valence electrons. The fourth-order valence-electron chi connectivity index (χ4n) is 2.77. The molecule has 1 fully saturated rings. The van der Waals surface area contributed by atoms with Gasteiger partial charge in [-0.25, -0.2) is 9.97 Å². The molecular formula is C18H23N5OS. The predicted octanol–water partition coefficient (Wildman–Crippen LogP) is 3.41. The molecular weight excluding hydrogens is 334 g/mol. The average molecular weight is 357 g/mol.